The minimum atomic E-state index is -3.37. The number of sulfonamides is 1. The smallest absolute Gasteiger partial charge is 0.243 e. The summed E-state index contributed by atoms with van der Waals surface area (Å²) >= 11 is 0. The Morgan fingerprint density at radius 3 is 2.58 bits per heavy atom. The molecule has 19 heavy (non-hydrogen) atoms. The first-order valence-corrected chi connectivity index (χ1v) is 8.28. The molecule has 106 valence electrons. The van der Waals surface area contributed by atoms with Gasteiger partial charge in [-0.3, -0.25) is 0 Å². The van der Waals surface area contributed by atoms with Gasteiger partial charge in [0.15, 0.2) is 0 Å². The molecule has 1 unspecified atom stereocenters. The Morgan fingerprint density at radius 2 is 1.95 bits per heavy atom. The minimum absolute atomic E-state index is 0.0602. The van der Waals surface area contributed by atoms with Crippen molar-refractivity contribution in [3.63, 3.8) is 0 Å². The van der Waals surface area contributed by atoms with Gasteiger partial charge in [0.05, 0.1) is 4.90 Å². The summed E-state index contributed by atoms with van der Waals surface area (Å²) in [4.78, 5) is 0.391. The second kappa shape index (κ2) is 6.03. The van der Waals surface area contributed by atoms with Crippen molar-refractivity contribution in [1.29, 1.82) is 0 Å². The molecule has 2 rings (SSSR count). The van der Waals surface area contributed by atoms with Gasteiger partial charge < -0.3 is 5.73 Å². The van der Waals surface area contributed by atoms with Crippen LogP contribution >= 0.6 is 0 Å². The van der Waals surface area contributed by atoms with Crippen LogP contribution in [0.25, 0.3) is 0 Å². The first-order valence-electron chi connectivity index (χ1n) is 6.84. The van der Waals surface area contributed by atoms with Crippen molar-refractivity contribution < 1.29 is 8.42 Å². The molecule has 0 radical (unpaired) electrons. The molecule has 0 saturated carbocycles. The lowest BCUT2D eigenvalue weighted by Gasteiger charge is -2.34. The molecule has 0 amide bonds. The van der Waals surface area contributed by atoms with Crippen LogP contribution in [0.5, 0.6) is 0 Å². The van der Waals surface area contributed by atoms with Crippen LogP contribution in [-0.4, -0.2) is 31.9 Å². The number of hydrogen-bond donors (Lipinski definition) is 1. The number of nitrogens with zero attached hydrogens (tertiary/aromatic N) is 1. The summed E-state index contributed by atoms with van der Waals surface area (Å²) in [6, 6.07) is 7.13. The molecule has 2 N–H and O–H groups in total. The van der Waals surface area contributed by atoms with Gasteiger partial charge in [-0.15, -0.1) is 0 Å². The van der Waals surface area contributed by atoms with Crippen LogP contribution in [0.3, 0.4) is 0 Å². The predicted octanol–water partition coefficient (Wildman–Crippen LogP) is 1.89. The number of hydrogen-bond acceptors (Lipinski definition) is 3. The molecule has 0 aliphatic carbocycles. The zero-order valence-electron chi connectivity index (χ0n) is 11.4. The zero-order chi connectivity index (χ0) is 13.9. The van der Waals surface area contributed by atoms with Crippen LogP contribution in [0.15, 0.2) is 29.2 Å². The molecule has 5 heteroatoms. The third-order valence-electron chi connectivity index (χ3n) is 3.70. The van der Waals surface area contributed by atoms with E-state index in [2.05, 4.69) is 0 Å². The van der Waals surface area contributed by atoms with E-state index in [1.54, 1.807) is 16.4 Å². The van der Waals surface area contributed by atoms with Crippen LogP contribution in [0.1, 0.15) is 31.2 Å². The number of nitrogens with two attached hydrogens (primary N) is 1. The second-order valence-electron chi connectivity index (χ2n) is 5.16. The normalized spacial score (nSPS) is 21.5. The largest absolute Gasteiger partial charge is 0.330 e. The fraction of sp³-hybridized carbons (Fsp3) is 0.571. The van der Waals surface area contributed by atoms with Crippen molar-refractivity contribution in [3.8, 4) is 0 Å². The summed E-state index contributed by atoms with van der Waals surface area (Å²) in [6.45, 7) is 3.10. The molecular formula is C14H22N2O2S. The van der Waals surface area contributed by atoms with Gasteiger partial charge in [0.2, 0.25) is 10.0 Å². The lowest BCUT2D eigenvalue weighted by molar-refractivity contribution is 0.243. The highest BCUT2D eigenvalue weighted by molar-refractivity contribution is 7.89. The van der Waals surface area contributed by atoms with Gasteiger partial charge >= 0.3 is 0 Å². The van der Waals surface area contributed by atoms with E-state index in [1.807, 2.05) is 19.1 Å². The number of piperidine rings is 1. The molecule has 1 aliphatic heterocycles. The number of rotatable bonds is 4. The van der Waals surface area contributed by atoms with E-state index in [0.717, 1.165) is 31.2 Å². The Bertz CT molecular complexity index is 509. The van der Waals surface area contributed by atoms with Crippen molar-refractivity contribution in [2.75, 3.05) is 13.1 Å². The van der Waals surface area contributed by atoms with Crippen LogP contribution in [0, 0.1) is 6.92 Å². The quantitative estimate of drug-likeness (QED) is 0.917. The van der Waals surface area contributed by atoms with Gasteiger partial charge in [-0.1, -0.05) is 24.1 Å². The van der Waals surface area contributed by atoms with Crippen LogP contribution in [0.2, 0.25) is 0 Å². The molecule has 1 heterocycles. The highest BCUT2D eigenvalue weighted by Crippen LogP contribution is 2.26. The van der Waals surface area contributed by atoms with Crippen LogP contribution < -0.4 is 5.73 Å². The topological polar surface area (TPSA) is 63.4 Å². The van der Waals surface area contributed by atoms with E-state index in [-0.39, 0.29) is 6.04 Å². The number of benzene rings is 1. The molecule has 1 aromatic rings. The molecule has 0 bridgehead atoms. The summed E-state index contributed by atoms with van der Waals surface area (Å²) in [5, 5.41) is 0. The van der Waals surface area contributed by atoms with Gasteiger partial charge in [-0.05, 0) is 44.9 Å². The SMILES string of the molecule is Cc1ccc(S(=O)(=O)N2CCCCC2CCN)cc1. The summed E-state index contributed by atoms with van der Waals surface area (Å²) in [6.07, 6.45) is 3.68. The molecule has 1 aromatic carbocycles. The fourth-order valence-corrected chi connectivity index (χ4v) is 4.34. The Kier molecular flexibility index (Phi) is 4.60. The standard InChI is InChI=1S/C14H22N2O2S/c1-12-5-7-14(8-6-12)19(17,18)16-11-3-2-4-13(16)9-10-15/h5-8,13H,2-4,9-11,15H2,1H3. The predicted molar refractivity (Wildman–Crippen MR) is 76.4 cm³/mol. The summed E-state index contributed by atoms with van der Waals surface area (Å²) in [5.74, 6) is 0. The van der Waals surface area contributed by atoms with E-state index in [1.165, 1.54) is 0 Å². The van der Waals surface area contributed by atoms with Gasteiger partial charge in [-0.25, -0.2) is 8.42 Å². The molecule has 4 nitrogen and oxygen atoms in total. The maximum atomic E-state index is 12.7. The van der Waals surface area contributed by atoms with Gasteiger partial charge in [-0.2, -0.15) is 4.31 Å². The van der Waals surface area contributed by atoms with Crippen LogP contribution in [0.4, 0.5) is 0 Å². The lowest BCUT2D eigenvalue weighted by Crippen LogP contribution is -2.44. The van der Waals surface area contributed by atoms with E-state index in [0.29, 0.717) is 18.0 Å². The van der Waals surface area contributed by atoms with Crippen molar-refractivity contribution in [2.45, 2.75) is 43.5 Å². The summed E-state index contributed by atoms with van der Waals surface area (Å²) in [5.41, 5.74) is 6.67. The van der Waals surface area contributed by atoms with E-state index in [4.69, 9.17) is 5.73 Å². The molecule has 1 fully saturated rings. The molecule has 1 saturated heterocycles. The third-order valence-corrected chi connectivity index (χ3v) is 5.67. The van der Waals surface area contributed by atoms with E-state index in [9.17, 15) is 8.42 Å². The highest BCUT2D eigenvalue weighted by atomic mass is 32.2. The zero-order valence-corrected chi connectivity index (χ0v) is 12.2. The average molecular weight is 282 g/mol. The molecule has 1 aliphatic rings. The molecule has 1 atom stereocenters. The first kappa shape index (κ1) is 14.5. The molecule has 0 aromatic heterocycles. The third kappa shape index (κ3) is 3.16. The lowest BCUT2D eigenvalue weighted by atomic mass is 10.0. The highest BCUT2D eigenvalue weighted by Gasteiger charge is 2.32. The van der Waals surface area contributed by atoms with Crippen molar-refractivity contribution in [2.24, 2.45) is 5.73 Å². The van der Waals surface area contributed by atoms with Crippen molar-refractivity contribution >= 4 is 10.0 Å². The van der Waals surface area contributed by atoms with E-state index < -0.39 is 10.0 Å². The van der Waals surface area contributed by atoms with Gasteiger partial charge in [0, 0.05) is 12.6 Å². The number of aryl methyl sites for hydroxylation is 1. The fourth-order valence-electron chi connectivity index (χ4n) is 2.62. The van der Waals surface area contributed by atoms with E-state index >= 15 is 0 Å². The van der Waals surface area contributed by atoms with Gasteiger partial charge in [0.1, 0.15) is 0 Å². The maximum Gasteiger partial charge on any atom is 0.243 e. The van der Waals surface area contributed by atoms with Crippen molar-refractivity contribution in [3.05, 3.63) is 29.8 Å². The minimum Gasteiger partial charge on any atom is -0.330 e. The first-order chi connectivity index (χ1) is 9.05. The summed E-state index contributed by atoms with van der Waals surface area (Å²) < 4.78 is 27.0. The molecular weight excluding hydrogens is 260 g/mol. The van der Waals surface area contributed by atoms with Gasteiger partial charge in [0.25, 0.3) is 0 Å². The Hall–Kier alpha value is -0.910. The van der Waals surface area contributed by atoms with Crippen molar-refractivity contribution in [1.82, 2.24) is 4.31 Å². The Labute approximate surface area is 115 Å². The summed E-state index contributed by atoms with van der Waals surface area (Å²) in [7, 11) is -3.37. The molecule has 0 spiro atoms. The Balaban J connectivity index is 2.28. The average Bonchev–Trinajstić information content (AvgIpc) is 2.40. The monoisotopic (exact) mass is 282 g/mol. The maximum absolute atomic E-state index is 12.7. The second-order valence-corrected chi connectivity index (χ2v) is 7.05. The van der Waals surface area contributed by atoms with Crippen LogP contribution in [-0.2, 0) is 10.0 Å². The Morgan fingerprint density at radius 1 is 1.26 bits per heavy atom.